The van der Waals surface area contributed by atoms with E-state index >= 15 is 0 Å². The van der Waals surface area contributed by atoms with Gasteiger partial charge in [-0.15, -0.1) is 0 Å². The molecule has 0 saturated carbocycles. The van der Waals surface area contributed by atoms with Gasteiger partial charge in [-0.2, -0.15) is 4.68 Å². The molecule has 7 nitrogen and oxygen atoms in total. The van der Waals surface area contributed by atoms with Crippen molar-refractivity contribution >= 4 is 11.9 Å². The minimum absolute atomic E-state index is 0.272. The van der Waals surface area contributed by atoms with Crippen LogP contribution in [0.15, 0.2) is 35.5 Å². The Bertz CT molecular complexity index is 784. The van der Waals surface area contributed by atoms with Gasteiger partial charge in [-0.05, 0) is 48.9 Å². The molecule has 0 aliphatic carbocycles. The van der Waals surface area contributed by atoms with Gasteiger partial charge in [0, 0.05) is 5.70 Å². The molecule has 1 N–H and O–H groups in total. The van der Waals surface area contributed by atoms with E-state index in [1.165, 1.54) is 16.8 Å². The number of hydrogen-bond acceptors (Lipinski definition) is 6. The summed E-state index contributed by atoms with van der Waals surface area (Å²) in [4.78, 5) is 12.5. The first-order valence-corrected chi connectivity index (χ1v) is 7.19. The molecule has 1 aliphatic heterocycles. The van der Waals surface area contributed by atoms with Crippen molar-refractivity contribution in [2.24, 2.45) is 0 Å². The number of nitrogens with one attached hydrogen (secondary N) is 1. The maximum absolute atomic E-state index is 13.7. The van der Waals surface area contributed by atoms with Crippen LogP contribution < -0.4 is 5.32 Å². The number of ether oxygens (including phenoxy) is 1. The van der Waals surface area contributed by atoms with Crippen molar-refractivity contribution in [1.29, 1.82) is 0 Å². The molecule has 1 unspecified atom stereocenters. The molecule has 1 aliphatic rings. The molecule has 0 spiro atoms. The molecule has 0 amide bonds. The molecule has 8 heteroatoms. The lowest BCUT2D eigenvalue weighted by Gasteiger charge is -2.27. The Morgan fingerprint density at radius 3 is 2.91 bits per heavy atom. The zero-order valence-electron chi connectivity index (χ0n) is 12.9. The molecular weight excluding hydrogens is 301 g/mol. The molecule has 1 atom stereocenters. The average molecular weight is 317 g/mol. The first-order valence-electron chi connectivity index (χ1n) is 7.19. The fourth-order valence-electron chi connectivity index (χ4n) is 2.54. The molecule has 1 aromatic heterocycles. The molecule has 2 heterocycles. The van der Waals surface area contributed by atoms with Crippen molar-refractivity contribution in [3.63, 3.8) is 0 Å². The topological polar surface area (TPSA) is 81.9 Å². The van der Waals surface area contributed by atoms with E-state index in [1.54, 1.807) is 32.9 Å². The Morgan fingerprint density at radius 2 is 2.22 bits per heavy atom. The van der Waals surface area contributed by atoms with E-state index in [0.29, 0.717) is 22.8 Å². The Kier molecular flexibility index (Phi) is 3.81. The molecule has 3 rings (SSSR count). The number of tetrazole rings is 1. The van der Waals surface area contributed by atoms with Gasteiger partial charge in [0.1, 0.15) is 11.9 Å². The minimum Gasteiger partial charge on any atom is -0.459 e. The summed E-state index contributed by atoms with van der Waals surface area (Å²) >= 11 is 0. The molecule has 0 fully saturated rings. The van der Waals surface area contributed by atoms with Gasteiger partial charge >= 0.3 is 5.97 Å². The second-order valence-corrected chi connectivity index (χ2v) is 5.52. The maximum Gasteiger partial charge on any atom is 0.338 e. The van der Waals surface area contributed by atoms with E-state index in [4.69, 9.17) is 4.74 Å². The number of benzene rings is 1. The summed E-state index contributed by atoms with van der Waals surface area (Å²) in [6.07, 6.45) is -0.272. The molecule has 2 aromatic rings. The highest BCUT2D eigenvalue weighted by atomic mass is 19.1. The van der Waals surface area contributed by atoms with Crippen LogP contribution in [0.3, 0.4) is 0 Å². The first-order chi connectivity index (χ1) is 11.0. The summed E-state index contributed by atoms with van der Waals surface area (Å²) in [5.41, 5.74) is 1.49. The number of carbonyl (C=O) groups excluding carboxylic acids is 1. The summed E-state index contributed by atoms with van der Waals surface area (Å²) in [7, 11) is 0. The van der Waals surface area contributed by atoms with Gasteiger partial charge in [0.05, 0.1) is 11.7 Å². The van der Waals surface area contributed by atoms with Gasteiger partial charge in [0.25, 0.3) is 0 Å². The van der Waals surface area contributed by atoms with Crippen molar-refractivity contribution in [3.05, 3.63) is 46.9 Å². The zero-order valence-corrected chi connectivity index (χ0v) is 12.9. The number of hydrogen-bond donors (Lipinski definition) is 1. The summed E-state index contributed by atoms with van der Waals surface area (Å²) in [5.74, 6) is -0.497. The van der Waals surface area contributed by atoms with Crippen LogP contribution in [0.5, 0.6) is 0 Å². The monoisotopic (exact) mass is 317 g/mol. The van der Waals surface area contributed by atoms with E-state index < -0.39 is 17.8 Å². The van der Waals surface area contributed by atoms with Crippen molar-refractivity contribution < 1.29 is 13.9 Å². The standard InChI is InChI=1S/C15H16FN5O2/c1-8(2)23-14(22)12-9(3)17-15-18-19-20-21(15)13(12)10-5-4-6-11(16)7-10/h4-8,13H,1-3H3,(H,17,18,20). The predicted octanol–water partition coefficient (Wildman–Crippen LogP) is 2.05. The fraction of sp³-hybridized carbons (Fsp3) is 0.333. The van der Waals surface area contributed by atoms with E-state index in [-0.39, 0.29) is 6.10 Å². The van der Waals surface area contributed by atoms with Crippen molar-refractivity contribution in [3.8, 4) is 0 Å². The summed E-state index contributed by atoms with van der Waals surface area (Å²) < 4.78 is 20.4. The number of rotatable bonds is 3. The van der Waals surface area contributed by atoms with Crippen molar-refractivity contribution in [2.45, 2.75) is 32.9 Å². The first kappa shape index (κ1) is 15.1. The van der Waals surface area contributed by atoms with Crippen LogP contribution in [-0.2, 0) is 9.53 Å². The van der Waals surface area contributed by atoms with Gasteiger partial charge in [0.15, 0.2) is 0 Å². The molecule has 23 heavy (non-hydrogen) atoms. The van der Waals surface area contributed by atoms with Crippen molar-refractivity contribution in [2.75, 3.05) is 5.32 Å². The van der Waals surface area contributed by atoms with Crippen LogP contribution >= 0.6 is 0 Å². The third kappa shape index (κ3) is 2.79. The van der Waals surface area contributed by atoms with Crippen LogP contribution in [0.2, 0.25) is 0 Å². The fourth-order valence-corrected chi connectivity index (χ4v) is 2.54. The smallest absolute Gasteiger partial charge is 0.338 e. The highest BCUT2D eigenvalue weighted by Gasteiger charge is 2.35. The Morgan fingerprint density at radius 1 is 1.43 bits per heavy atom. The zero-order chi connectivity index (χ0) is 16.6. The number of halogens is 1. The van der Waals surface area contributed by atoms with Gasteiger partial charge < -0.3 is 10.1 Å². The van der Waals surface area contributed by atoms with E-state index in [2.05, 4.69) is 20.8 Å². The lowest BCUT2D eigenvalue weighted by Crippen LogP contribution is -2.30. The van der Waals surface area contributed by atoms with Crippen molar-refractivity contribution in [1.82, 2.24) is 20.2 Å². The van der Waals surface area contributed by atoms with E-state index in [1.807, 2.05) is 0 Å². The molecule has 0 saturated heterocycles. The number of aromatic nitrogens is 4. The van der Waals surface area contributed by atoms with Crippen LogP contribution in [-0.4, -0.2) is 32.3 Å². The quantitative estimate of drug-likeness (QED) is 0.873. The molecule has 1 aromatic carbocycles. The average Bonchev–Trinajstić information content (AvgIpc) is 2.92. The maximum atomic E-state index is 13.7. The van der Waals surface area contributed by atoms with Gasteiger partial charge in [-0.1, -0.05) is 17.2 Å². The van der Waals surface area contributed by atoms with Crippen LogP contribution in [0.1, 0.15) is 32.4 Å². The van der Waals surface area contributed by atoms with Crippen LogP contribution in [0.25, 0.3) is 0 Å². The largest absolute Gasteiger partial charge is 0.459 e. The summed E-state index contributed by atoms with van der Waals surface area (Å²) in [5, 5.41) is 14.4. The SMILES string of the molecule is CC1=C(C(=O)OC(C)C)C(c2cccc(F)c2)n2nnnc2N1. The number of fused-ring (bicyclic) bond motifs is 1. The van der Waals surface area contributed by atoms with Gasteiger partial charge in [-0.25, -0.2) is 9.18 Å². The third-order valence-electron chi connectivity index (χ3n) is 3.44. The predicted molar refractivity (Wildman–Crippen MR) is 79.9 cm³/mol. The van der Waals surface area contributed by atoms with Crippen LogP contribution in [0, 0.1) is 5.82 Å². The lowest BCUT2D eigenvalue weighted by molar-refractivity contribution is -0.143. The number of carbonyl (C=O) groups is 1. The third-order valence-corrected chi connectivity index (χ3v) is 3.44. The summed E-state index contributed by atoms with van der Waals surface area (Å²) in [6, 6.07) is 5.35. The number of esters is 1. The highest BCUT2D eigenvalue weighted by Crippen LogP contribution is 2.35. The lowest BCUT2D eigenvalue weighted by atomic mass is 9.95. The normalized spacial score (nSPS) is 17.0. The molecular formula is C15H16FN5O2. The molecule has 0 radical (unpaired) electrons. The number of nitrogens with zero attached hydrogens (tertiary/aromatic N) is 4. The second kappa shape index (κ2) is 5.79. The summed E-state index contributed by atoms with van der Waals surface area (Å²) in [6.45, 7) is 5.27. The second-order valence-electron chi connectivity index (χ2n) is 5.52. The Balaban J connectivity index is 2.13. The molecule has 120 valence electrons. The molecule has 0 bridgehead atoms. The van der Waals surface area contributed by atoms with Crippen LogP contribution in [0.4, 0.5) is 10.3 Å². The highest BCUT2D eigenvalue weighted by molar-refractivity contribution is 5.92. The van der Waals surface area contributed by atoms with E-state index in [9.17, 15) is 9.18 Å². The van der Waals surface area contributed by atoms with Gasteiger partial charge in [0.2, 0.25) is 5.95 Å². The van der Waals surface area contributed by atoms with E-state index in [0.717, 1.165) is 0 Å². The minimum atomic E-state index is -0.650. The number of anilines is 1. The Hall–Kier alpha value is -2.77. The number of allylic oxidation sites excluding steroid dienone is 1. The Labute approximate surface area is 132 Å². The van der Waals surface area contributed by atoms with Gasteiger partial charge in [-0.3, -0.25) is 0 Å².